The number of benzene rings is 2. The quantitative estimate of drug-likeness (QED) is 0.747. The summed E-state index contributed by atoms with van der Waals surface area (Å²) in [5.41, 5.74) is 2.10. The molecule has 1 N–H and O–H groups in total. The van der Waals surface area contributed by atoms with Crippen molar-refractivity contribution in [2.45, 2.75) is 13.5 Å². The number of nitrogens with zero attached hydrogens (tertiary/aromatic N) is 1. The highest BCUT2D eigenvalue weighted by Crippen LogP contribution is 2.23. The van der Waals surface area contributed by atoms with Crippen LogP contribution in [0.3, 0.4) is 0 Å². The van der Waals surface area contributed by atoms with Crippen LogP contribution >= 0.6 is 0 Å². The number of aryl methyl sites for hydroxylation is 1. The number of phenolic OH excluding ortho intramolecular Hbond substituents is 1. The van der Waals surface area contributed by atoms with Gasteiger partial charge in [0.1, 0.15) is 16.8 Å². The van der Waals surface area contributed by atoms with Crippen molar-refractivity contribution in [1.29, 1.82) is 0 Å². The zero-order valence-electron chi connectivity index (χ0n) is 11.4. The molecule has 5 nitrogen and oxygen atoms in total. The van der Waals surface area contributed by atoms with Crippen molar-refractivity contribution >= 4 is 17.1 Å². The molecule has 0 amide bonds. The van der Waals surface area contributed by atoms with E-state index in [1.165, 1.54) is 6.07 Å². The smallest absolute Gasteiger partial charge is 0.342 e. The van der Waals surface area contributed by atoms with Crippen LogP contribution in [0.2, 0.25) is 0 Å². The molecule has 21 heavy (non-hydrogen) atoms. The molecular weight excluding hydrogens is 270 g/mol. The Bertz CT molecular complexity index is 774. The topological polar surface area (TPSA) is 72.6 Å². The van der Waals surface area contributed by atoms with Crippen molar-refractivity contribution in [1.82, 2.24) is 4.98 Å². The highest BCUT2D eigenvalue weighted by atomic mass is 16.5. The Labute approximate surface area is 120 Å². The van der Waals surface area contributed by atoms with Gasteiger partial charge in [0.2, 0.25) is 5.89 Å². The molecule has 0 saturated heterocycles. The number of esters is 1. The third-order valence-corrected chi connectivity index (χ3v) is 3.12. The minimum Gasteiger partial charge on any atom is -0.507 e. The molecule has 0 fully saturated rings. The van der Waals surface area contributed by atoms with Gasteiger partial charge in [-0.25, -0.2) is 9.78 Å². The van der Waals surface area contributed by atoms with Gasteiger partial charge >= 0.3 is 5.97 Å². The number of rotatable bonds is 3. The van der Waals surface area contributed by atoms with Gasteiger partial charge in [0.15, 0.2) is 12.2 Å². The molecule has 1 heterocycles. The molecule has 0 atom stereocenters. The molecule has 5 heteroatoms. The van der Waals surface area contributed by atoms with Crippen LogP contribution in [0.1, 0.15) is 21.8 Å². The van der Waals surface area contributed by atoms with Gasteiger partial charge in [-0.15, -0.1) is 0 Å². The predicted octanol–water partition coefficient (Wildman–Crippen LogP) is 3.20. The van der Waals surface area contributed by atoms with Crippen molar-refractivity contribution < 1.29 is 19.1 Å². The third-order valence-electron chi connectivity index (χ3n) is 3.12. The number of ether oxygens (including phenoxy) is 1. The van der Waals surface area contributed by atoms with Crippen LogP contribution in [0, 0.1) is 6.92 Å². The van der Waals surface area contributed by atoms with Crippen molar-refractivity contribution in [2.24, 2.45) is 0 Å². The molecule has 0 aliphatic rings. The van der Waals surface area contributed by atoms with Crippen LogP contribution in [0.4, 0.5) is 0 Å². The van der Waals surface area contributed by atoms with Crippen LogP contribution in [0.25, 0.3) is 11.1 Å². The number of carbonyl (C=O) groups is 1. The summed E-state index contributed by atoms with van der Waals surface area (Å²) in [6.07, 6.45) is 0. The maximum atomic E-state index is 12.0. The van der Waals surface area contributed by atoms with E-state index in [0.717, 1.165) is 0 Å². The van der Waals surface area contributed by atoms with Crippen LogP contribution < -0.4 is 0 Å². The van der Waals surface area contributed by atoms with Gasteiger partial charge in [-0.2, -0.15) is 0 Å². The number of phenols is 1. The first kappa shape index (κ1) is 13.2. The lowest BCUT2D eigenvalue weighted by Crippen LogP contribution is -2.06. The van der Waals surface area contributed by atoms with Gasteiger partial charge in [-0.3, -0.25) is 0 Å². The normalized spacial score (nSPS) is 10.7. The maximum absolute atomic E-state index is 12.0. The molecule has 3 rings (SSSR count). The zero-order valence-corrected chi connectivity index (χ0v) is 11.4. The standard InChI is InChI=1S/C16H13NO4/c1-10-5-4-6-11(15(10)18)16(19)20-9-14-17-12-7-2-3-8-13(12)21-14/h2-8,18H,9H2,1H3. The molecule has 0 radical (unpaired) electrons. The Hall–Kier alpha value is -2.82. The number of hydrogen-bond donors (Lipinski definition) is 1. The monoisotopic (exact) mass is 283 g/mol. The molecule has 106 valence electrons. The average molecular weight is 283 g/mol. The van der Waals surface area contributed by atoms with Crippen molar-refractivity contribution in [3.63, 3.8) is 0 Å². The summed E-state index contributed by atoms with van der Waals surface area (Å²) in [4.78, 5) is 16.2. The summed E-state index contributed by atoms with van der Waals surface area (Å²) in [7, 11) is 0. The van der Waals surface area contributed by atoms with E-state index in [4.69, 9.17) is 9.15 Å². The first-order chi connectivity index (χ1) is 10.1. The van der Waals surface area contributed by atoms with Crippen molar-refractivity contribution in [2.75, 3.05) is 0 Å². The average Bonchev–Trinajstić information content (AvgIpc) is 2.90. The fourth-order valence-electron chi connectivity index (χ4n) is 2.01. The minimum atomic E-state index is -0.613. The number of oxazole rings is 1. The number of aromatic nitrogens is 1. The second-order valence-electron chi connectivity index (χ2n) is 4.62. The second-order valence-corrected chi connectivity index (χ2v) is 4.62. The van der Waals surface area contributed by atoms with E-state index in [-0.39, 0.29) is 17.9 Å². The Morgan fingerprint density at radius 2 is 2.05 bits per heavy atom. The molecular formula is C16H13NO4. The fourth-order valence-corrected chi connectivity index (χ4v) is 2.01. The largest absolute Gasteiger partial charge is 0.507 e. The van der Waals surface area contributed by atoms with Crippen LogP contribution in [0.5, 0.6) is 5.75 Å². The number of aromatic hydroxyl groups is 1. The molecule has 0 spiro atoms. The lowest BCUT2D eigenvalue weighted by molar-refractivity contribution is 0.0437. The van der Waals surface area contributed by atoms with E-state index in [1.54, 1.807) is 25.1 Å². The van der Waals surface area contributed by atoms with Gasteiger partial charge in [-0.1, -0.05) is 24.3 Å². The molecule has 0 aliphatic heterocycles. The van der Waals surface area contributed by atoms with E-state index in [0.29, 0.717) is 22.6 Å². The summed E-state index contributed by atoms with van der Waals surface area (Å²) in [5.74, 6) is -0.366. The number of hydrogen-bond acceptors (Lipinski definition) is 5. The Balaban J connectivity index is 1.75. The SMILES string of the molecule is Cc1cccc(C(=O)OCc2nc3ccccc3o2)c1O. The first-order valence-corrected chi connectivity index (χ1v) is 6.45. The summed E-state index contributed by atoms with van der Waals surface area (Å²) >= 11 is 0. The highest BCUT2D eigenvalue weighted by molar-refractivity contribution is 5.92. The van der Waals surface area contributed by atoms with Crippen molar-refractivity contribution in [3.05, 3.63) is 59.5 Å². The minimum absolute atomic E-state index is 0.0694. The van der Waals surface area contributed by atoms with Gasteiger partial charge in [0.05, 0.1) is 0 Å². The Kier molecular flexibility index (Phi) is 3.31. The fraction of sp³-hybridized carbons (Fsp3) is 0.125. The van der Waals surface area contributed by atoms with Gasteiger partial charge < -0.3 is 14.3 Å². The number of fused-ring (bicyclic) bond motifs is 1. The third kappa shape index (κ3) is 2.58. The van der Waals surface area contributed by atoms with Gasteiger partial charge in [0.25, 0.3) is 0 Å². The predicted molar refractivity (Wildman–Crippen MR) is 76.0 cm³/mol. The van der Waals surface area contributed by atoms with Gasteiger partial charge in [0, 0.05) is 0 Å². The number of carbonyl (C=O) groups excluding carboxylic acids is 1. The van der Waals surface area contributed by atoms with Gasteiger partial charge in [-0.05, 0) is 30.7 Å². The van der Waals surface area contributed by atoms with E-state index in [2.05, 4.69) is 4.98 Å². The van der Waals surface area contributed by atoms with Crippen LogP contribution in [-0.4, -0.2) is 16.1 Å². The van der Waals surface area contributed by atoms with E-state index in [1.807, 2.05) is 18.2 Å². The first-order valence-electron chi connectivity index (χ1n) is 6.45. The molecule has 1 aromatic heterocycles. The Morgan fingerprint density at radius 1 is 1.24 bits per heavy atom. The number of para-hydroxylation sites is 3. The van der Waals surface area contributed by atoms with E-state index >= 15 is 0 Å². The summed E-state index contributed by atoms with van der Waals surface area (Å²) < 4.78 is 10.6. The molecule has 0 unspecified atom stereocenters. The highest BCUT2D eigenvalue weighted by Gasteiger charge is 2.15. The summed E-state index contributed by atoms with van der Waals surface area (Å²) in [6, 6.07) is 12.2. The lowest BCUT2D eigenvalue weighted by atomic mass is 10.1. The molecule has 0 bridgehead atoms. The van der Waals surface area contributed by atoms with Crippen LogP contribution in [0.15, 0.2) is 46.9 Å². The Morgan fingerprint density at radius 3 is 2.86 bits per heavy atom. The molecule has 0 saturated carbocycles. The maximum Gasteiger partial charge on any atom is 0.342 e. The second kappa shape index (κ2) is 5.28. The summed E-state index contributed by atoms with van der Waals surface area (Å²) in [6.45, 7) is 1.63. The van der Waals surface area contributed by atoms with E-state index < -0.39 is 5.97 Å². The zero-order chi connectivity index (χ0) is 14.8. The van der Waals surface area contributed by atoms with Crippen molar-refractivity contribution in [3.8, 4) is 5.75 Å². The lowest BCUT2D eigenvalue weighted by Gasteiger charge is -2.06. The molecule has 2 aromatic carbocycles. The molecule has 0 aliphatic carbocycles. The van der Waals surface area contributed by atoms with Crippen LogP contribution in [-0.2, 0) is 11.3 Å². The summed E-state index contributed by atoms with van der Waals surface area (Å²) in [5, 5.41) is 9.84. The molecule has 3 aromatic rings. The van der Waals surface area contributed by atoms with E-state index in [9.17, 15) is 9.90 Å².